The number of benzene rings is 1. The highest BCUT2D eigenvalue weighted by Gasteiger charge is 2.16. The van der Waals surface area contributed by atoms with Gasteiger partial charge in [-0.15, -0.1) is 0 Å². The molecular formula is C14H22N2O3. The Hall–Kier alpha value is -1.91. The average Bonchev–Trinajstić information content (AvgIpc) is 2.38. The number of hydrogen-bond donors (Lipinski definition) is 2. The molecule has 3 N–H and O–H groups in total. The molecule has 1 amide bonds. The number of anilines is 1. The van der Waals surface area contributed by atoms with E-state index >= 15 is 0 Å². The van der Waals surface area contributed by atoms with E-state index in [1.54, 1.807) is 12.1 Å². The molecule has 0 saturated carbocycles. The Kier molecular flexibility index (Phi) is 5.48. The van der Waals surface area contributed by atoms with Gasteiger partial charge in [0.25, 0.3) is 5.91 Å². The molecule has 0 bridgehead atoms. The Morgan fingerprint density at radius 2 is 1.89 bits per heavy atom. The largest absolute Gasteiger partial charge is 0.493 e. The second kappa shape index (κ2) is 6.87. The van der Waals surface area contributed by atoms with Crippen molar-refractivity contribution >= 4 is 11.6 Å². The maximum atomic E-state index is 12.1. The Morgan fingerprint density at radius 1 is 1.32 bits per heavy atom. The number of carbonyl (C=O) groups excluding carboxylic acids is 1. The fourth-order valence-corrected chi connectivity index (χ4v) is 1.90. The van der Waals surface area contributed by atoms with Crippen molar-refractivity contribution in [2.75, 3.05) is 20.0 Å². The minimum Gasteiger partial charge on any atom is -0.493 e. The van der Waals surface area contributed by atoms with Crippen molar-refractivity contribution in [1.29, 1.82) is 0 Å². The Bertz CT molecular complexity index is 447. The van der Waals surface area contributed by atoms with Gasteiger partial charge in [0.2, 0.25) is 0 Å². The van der Waals surface area contributed by atoms with Gasteiger partial charge in [-0.3, -0.25) is 4.79 Å². The minimum atomic E-state index is -0.195. The van der Waals surface area contributed by atoms with E-state index in [2.05, 4.69) is 12.2 Å². The number of nitrogen functional groups attached to an aromatic ring is 1. The van der Waals surface area contributed by atoms with E-state index in [0.29, 0.717) is 22.7 Å². The summed E-state index contributed by atoms with van der Waals surface area (Å²) in [5, 5.41) is 2.91. The van der Waals surface area contributed by atoms with Crippen molar-refractivity contribution in [3.8, 4) is 11.5 Å². The van der Waals surface area contributed by atoms with Gasteiger partial charge in [0.05, 0.1) is 19.8 Å². The van der Waals surface area contributed by atoms with Crippen molar-refractivity contribution in [3.05, 3.63) is 17.7 Å². The highest BCUT2D eigenvalue weighted by molar-refractivity contribution is 6.00. The lowest BCUT2D eigenvalue weighted by atomic mass is 10.1. The zero-order valence-electron chi connectivity index (χ0n) is 11.9. The Labute approximate surface area is 114 Å². The van der Waals surface area contributed by atoms with Crippen LogP contribution < -0.4 is 20.5 Å². The first-order valence-corrected chi connectivity index (χ1v) is 6.35. The molecule has 0 fully saturated rings. The molecule has 0 aliphatic carbocycles. The van der Waals surface area contributed by atoms with Crippen LogP contribution in [0.5, 0.6) is 11.5 Å². The van der Waals surface area contributed by atoms with Crippen molar-refractivity contribution in [2.24, 2.45) is 0 Å². The van der Waals surface area contributed by atoms with Crippen LogP contribution in [-0.4, -0.2) is 26.2 Å². The molecule has 106 valence electrons. The number of nitrogens with two attached hydrogens (primary N) is 1. The summed E-state index contributed by atoms with van der Waals surface area (Å²) in [7, 11) is 3.05. The summed E-state index contributed by atoms with van der Waals surface area (Å²) in [5.74, 6) is 0.808. The van der Waals surface area contributed by atoms with Gasteiger partial charge >= 0.3 is 0 Å². The third-order valence-electron chi connectivity index (χ3n) is 2.90. The summed E-state index contributed by atoms with van der Waals surface area (Å²) >= 11 is 0. The molecule has 0 saturated heterocycles. The van der Waals surface area contributed by atoms with Crippen LogP contribution in [0.2, 0.25) is 0 Å². The maximum absolute atomic E-state index is 12.1. The first-order valence-electron chi connectivity index (χ1n) is 6.35. The molecule has 0 aliphatic heterocycles. The van der Waals surface area contributed by atoms with Crippen LogP contribution >= 0.6 is 0 Å². The second-order valence-corrected chi connectivity index (χ2v) is 4.46. The number of hydrogen-bond acceptors (Lipinski definition) is 4. The Balaban J connectivity index is 2.96. The molecule has 1 unspecified atom stereocenters. The van der Waals surface area contributed by atoms with Crippen LogP contribution in [0.25, 0.3) is 0 Å². The van der Waals surface area contributed by atoms with Crippen LogP contribution in [0.3, 0.4) is 0 Å². The molecule has 1 atom stereocenters. The molecule has 0 heterocycles. The standard InChI is InChI=1S/C14H22N2O3/c1-5-6-9(2)16-14(17)10-7-12(18-3)13(19-4)8-11(10)15/h7-9H,5-6,15H2,1-4H3,(H,16,17). The zero-order chi connectivity index (χ0) is 14.4. The highest BCUT2D eigenvalue weighted by Crippen LogP contribution is 2.31. The highest BCUT2D eigenvalue weighted by atomic mass is 16.5. The van der Waals surface area contributed by atoms with Crippen LogP contribution in [0, 0.1) is 0 Å². The third-order valence-corrected chi connectivity index (χ3v) is 2.90. The molecule has 1 rings (SSSR count). The summed E-state index contributed by atoms with van der Waals surface area (Å²) in [5.41, 5.74) is 6.65. The van der Waals surface area contributed by atoms with Crippen LogP contribution in [0.15, 0.2) is 12.1 Å². The minimum absolute atomic E-state index is 0.116. The topological polar surface area (TPSA) is 73.6 Å². The van der Waals surface area contributed by atoms with Gasteiger partial charge in [-0.2, -0.15) is 0 Å². The first-order chi connectivity index (χ1) is 9.03. The third kappa shape index (κ3) is 3.77. The Morgan fingerprint density at radius 3 is 2.42 bits per heavy atom. The first kappa shape index (κ1) is 15.1. The quantitative estimate of drug-likeness (QED) is 0.774. The SMILES string of the molecule is CCCC(C)NC(=O)c1cc(OC)c(OC)cc1N. The molecule has 19 heavy (non-hydrogen) atoms. The summed E-state index contributed by atoms with van der Waals surface area (Å²) in [6.07, 6.45) is 1.95. The summed E-state index contributed by atoms with van der Waals surface area (Å²) in [6.45, 7) is 4.05. The van der Waals surface area contributed by atoms with Crippen LogP contribution in [0.1, 0.15) is 37.0 Å². The molecule has 5 nitrogen and oxygen atoms in total. The van der Waals surface area contributed by atoms with Crippen LogP contribution in [0.4, 0.5) is 5.69 Å². The van der Waals surface area contributed by atoms with Gasteiger partial charge in [-0.1, -0.05) is 13.3 Å². The fraction of sp³-hybridized carbons (Fsp3) is 0.500. The van der Waals surface area contributed by atoms with Gasteiger partial charge in [0, 0.05) is 17.8 Å². The molecule has 0 radical (unpaired) electrons. The molecule has 0 aromatic heterocycles. The van der Waals surface area contributed by atoms with E-state index in [1.807, 2.05) is 6.92 Å². The van der Waals surface area contributed by atoms with Crippen molar-refractivity contribution in [2.45, 2.75) is 32.7 Å². The average molecular weight is 266 g/mol. The number of methoxy groups -OCH3 is 2. The number of nitrogens with one attached hydrogen (secondary N) is 1. The lowest BCUT2D eigenvalue weighted by Crippen LogP contribution is -2.32. The summed E-state index contributed by atoms with van der Waals surface area (Å²) in [6, 6.07) is 3.31. The van der Waals surface area contributed by atoms with E-state index in [0.717, 1.165) is 12.8 Å². The molecule has 0 spiro atoms. The zero-order valence-corrected chi connectivity index (χ0v) is 11.9. The molecule has 1 aromatic carbocycles. The lowest BCUT2D eigenvalue weighted by Gasteiger charge is -2.15. The van der Waals surface area contributed by atoms with E-state index < -0.39 is 0 Å². The summed E-state index contributed by atoms with van der Waals surface area (Å²) < 4.78 is 10.3. The van der Waals surface area contributed by atoms with E-state index in [-0.39, 0.29) is 11.9 Å². The number of carbonyl (C=O) groups is 1. The number of rotatable bonds is 6. The summed E-state index contributed by atoms with van der Waals surface area (Å²) in [4.78, 5) is 12.1. The van der Waals surface area contributed by atoms with Gasteiger partial charge in [-0.25, -0.2) is 0 Å². The number of ether oxygens (including phenoxy) is 2. The fourth-order valence-electron chi connectivity index (χ4n) is 1.90. The molecule has 0 aliphatic rings. The lowest BCUT2D eigenvalue weighted by molar-refractivity contribution is 0.0939. The van der Waals surface area contributed by atoms with E-state index in [9.17, 15) is 4.79 Å². The van der Waals surface area contributed by atoms with Gasteiger partial charge in [-0.05, 0) is 19.4 Å². The number of amides is 1. The monoisotopic (exact) mass is 266 g/mol. The van der Waals surface area contributed by atoms with Gasteiger partial charge < -0.3 is 20.5 Å². The van der Waals surface area contributed by atoms with Gasteiger partial charge in [0.1, 0.15) is 0 Å². The maximum Gasteiger partial charge on any atom is 0.253 e. The second-order valence-electron chi connectivity index (χ2n) is 4.46. The van der Waals surface area contributed by atoms with Crippen molar-refractivity contribution in [3.63, 3.8) is 0 Å². The molecule has 1 aromatic rings. The van der Waals surface area contributed by atoms with Crippen LogP contribution in [-0.2, 0) is 0 Å². The molecular weight excluding hydrogens is 244 g/mol. The molecule has 5 heteroatoms. The van der Waals surface area contributed by atoms with Crippen molar-refractivity contribution in [1.82, 2.24) is 5.32 Å². The predicted molar refractivity (Wildman–Crippen MR) is 75.8 cm³/mol. The van der Waals surface area contributed by atoms with E-state index in [4.69, 9.17) is 15.2 Å². The predicted octanol–water partition coefficient (Wildman–Crippen LogP) is 2.20. The van der Waals surface area contributed by atoms with Gasteiger partial charge in [0.15, 0.2) is 11.5 Å². The van der Waals surface area contributed by atoms with Crippen molar-refractivity contribution < 1.29 is 14.3 Å². The van der Waals surface area contributed by atoms with E-state index in [1.165, 1.54) is 14.2 Å². The normalized spacial score (nSPS) is 11.8. The smallest absolute Gasteiger partial charge is 0.253 e.